The first-order chi connectivity index (χ1) is 12.8. The number of benzene rings is 2. The molecule has 0 spiro atoms. The predicted octanol–water partition coefficient (Wildman–Crippen LogP) is 4.46. The SMILES string of the molecule is Cc1ccccc1N1CC(O)(c2ccc(C(C)(C)C)cc2)[N+]2=C1SCCC2. The van der Waals surface area contributed by atoms with Crippen molar-refractivity contribution >= 4 is 22.6 Å². The summed E-state index contributed by atoms with van der Waals surface area (Å²) in [6.45, 7) is 10.3. The Morgan fingerprint density at radius 3 is 2.44 bits per heavy atom. The van der Waals surface area contributed by atoms with Crippen molar-refractivity contribution in [1.82, 2.24) is 0 Å². The fourth-order valence-electron chi connectivity index (χ4n) is 4.04. The van der Waals surface area contributed by atoms with E-state index in [9.17, 15) is 5.11 Å². The lowest BCUT2D eigenvalue weighted by molar-refractivity contribution is -0.656. The minimum absolute atomic E-state index is 0.113. The van der Waals surface area contributed by atoms with Gasteiger partial charge in [-0.2, -0.15) is 0 Å². The van der Waals surface area contributed by atoms with Gasteiger partial charge in [0.15, 0.2) is 6.54 Å². The fraction of sp³-hybridized carbons (Fsp3) is 0.435. The highest BCUT2D eigenvalue weighted by Crippen LogP contribution is 2.39. The highest BCUT2D eigenvalue weighted by atomic mass is 32.2. The zero-order chi connectivity index (χ0) is 19.2. The van der Waals surface area contributed by atoms with Gasteiger partial charge in [0, 0.05) is 11.3 Å². The quantitative estimate of drug-likeness (QED) is 0.778. The van der Waals surface area contributed by atoms with Gasteiger partial charge < -0.3 is 5.11 Å². The molecule has 0 saturated carbocycles. The third kappa shape index (κ3) is 3.19. The Balaban J connectivity index is 1.77. The van der Waals surface area contributed by atoms with Crippen LogP contribution >= 0.6 is 11.8 Å². The monoisotopic (exact) mass is 381 g/mol. The first kappa shape index (κ1) is 18.6. The molecule has 0 saturated heterocycles. The number of β-amino-alcohol motifs (C(OH)–C–C–N with tert-alkyl or cyclic N) is 1. The van der Waals surface area contributed by atoms with E-state index < -0.39 is 5.72 Å². The zero-order valence-corrected chi connectivity index (χ0v) is 17.5. The third-order valence-electron chi connectivity index (χ3n) is 5.66. The summed E-state index contributed by atoms with van der Waals surface area (Å²) in [5.74, 6) is 1.10. The second-order valence-corrected chi connectivity index (χ2v) is 9.71. The molecule has 4 rings (SSSR count). The van der Waals surface area contributed by atoms with Gasteiger partial charge >= 0.3 is 5.17 Å². The molecule has 0 amide bonds. The van der Waals surface area contributed by atoms with Gasteiger partial charge in [0.05, 0.1) is 6.54 Å². The lowest BCUT2D eigenvalue weighted by atomic mass is 9.86. The maximum absolute atomic E-state index is 11.8. The van der Waals surface area contributed by atoms with Gasteiger partial charge in [-0.15, -0.1) is 0 Å². The standard InChI is InChI=1S/C23H29N2OS/c1-17-8-5-6-9-20(17)24-16-23(26,25-14-7-15-27-21(24)25)19-12-10-18(11-13-19)22(2,3)4/h5-6,8-13,26H,7,14-16H2,1-4H3/q+1. The van der Waals surface area contributed by atoms with Crippen molar-refractivity contribution in [2.24, 2.45) is 0 Å². The minimum atomic E-state index is -0.985. The lowest BCUT2D eigenvalue weighted by Crippen LogP contribution is -2.41. The van der Waals surface area contributed by atoms with E-state index in [1.54, 1.807) is 0 Å². The molecule has 0 radical (unpaired) electrons. The Morgan fingerprint density at radius 2 is 1.78 bits per heavy atom. The van der Waals surface area contributed by atoms with Crippen molar-refractivity contribution in [1.29, 1.82) is 0 Å². The molecule has 2 aromatic rings. The van der Waals surface area contributed by atoms with Crippen LogP contribution in [0.4, 0.5) is 5.69 Å². The van der Waals surface area contributed by atoms with Crippen molar-refractivity contribution in [2.45, 2.75) is 45.3 Å². The molecule has 1 atom stereocenters. The summed E-state index contributed by atoms with van der Waals surface area (Å²) in [6.07, 6.45) is 1.10. The Bertz CT molecular complexity index is 882. The predicted molar refractivity (Wildman–Crippen MR) is 115 cm³/mol. The van der Waals surface area contributed by atoms with Crippen molar-refractivity contribution in [2.75, 3.05) is 23.7 Å². The third-order valence-corrected chi connectivity index (χ3v) is 6.86. The Hall–Kier alpha value is -1.78. The summed E-state index contributed by atoms with van der Waals surface area (Å²) >= 11 is 1.86. The maximum atomic E-state index is 11.8. The molecular formula is C23H29N2OS+. The number of hydrogen-bond donors (Lipinski definition) is 1. The molecule has 4 heteroatoms. The molecule has 1 unspecified atom stereocenters. The highest BCUT2D eigenvalue weighted by molar-refractivity contribution is 8.13. The van der Waals surface area contributed by atoms with E-state index in [0.29, 0.717) is 6.54 Å². The van der Waals surface area contributed by atoms with Gasteiger partial charge in [-0.3, -0.25) is 0 Å². The number of hydrogen-bond acceptors (Lipinski definition) is 3. The molecule has 27 heavy (non-hydrogen) atoms. The van der Waals surface area contributed by atoms with E-state index in [2.05, 4.69) is 85.7 Å². The van der Waals surface area contributed by atoms with Crippen LogP contribution in [0.2, 0.25) is 0 Å². The smallest absolute Gasteiger partial charge is 0.316 e. The van der Waals surface area contributed by atoms with Crippen molar-refractivity contribution in [3.8, 4) is 0 Å². The van der Waals surface area contributed by atoms with E-state index in [0.717, 1.165) is 24.3 Å². The minimum Gasteiger partial charge on any atom is -0.346 e. The normalized spacial score (nSPS) is 22.9. The second-order valence-electron chi connectivity index (χ2n) is 8.65. The van der Waals surface area contributed by atoms with Crippen LogP contribution in [-0.4, -0.2) is 33.7 Å². The Kier molecular flexibility index (Phi) is 4.59. The maximum Gasteiger partial charge on any atom is 0.316 e. The van der Waals surface area contributed by atoms with Crippen LogP contribution in [0.3, 0.4) is 0 Å². The number of para-hydroxylation sites is 1. The summed E-state index contributed by atoms with van der Waals surface area (Å²) in [4.78, 5) is 2.30. The molecule has 0 fully saturated rings. The molecule has 2 aliphatic heterocycles. The fourth-order valence-corrected chi connectivity index (χ4v) is 5.21. The van der Waals surface area contributed by atoms with Gasteiger partial charge in [-0.1, -0.05) is 63.2 Å². The number of nitrogens with zero attached hydrogens (tertiary/aromatic N) is 2. The van der Waals surface area contributed by atoms with Crippen LogP contribution in [0.15, 0.2) is 48.5 Å². The molecule has 0 aliphatic carbocycles. The largest absolute Gasteiger partial charge is 0.346 e. The average molecular weight is 382 g/mol. The number of aryl methyl sites for hydroxylation is 1. The first-order valence-electron chi connectivity index (χ1n) is 9.75. The number of thioether (sulfide) groups is 1. The molecular weight excluding hydrogens is 352 g/mol. The molecule has 2 aliphatic rings. The average Bonchev–Trinajstić information content (AvgIpc) is 2.96. The van der Waals surface area contributed by atoms with Gasteiger partial charge in [0.2, 0.25) is 0 Å². The topological polar surface area (TPSA) is 26.5 Å². The van der Waals surface area contributed by atoms with Gasteiger partial charge in [-0.25, -0.2) is 9.48 Å². The highest BCUT2D eigenvalue weighted by Gasteiger charge is 2.53. The summed E-state index contributed by atoms with van der Waals surface area (Å²) in [6, 6.07) is 17.0. The van der Waals surface area contributed by atoms with Gasteiger partial charge in [0.25, 0.3) is 5.72 Å². The summed E-state index contributed by atoms with van der Waals surface area (Å²) < 4.78 is 2.21. The van der Waals surface area contributed by atoms with Crippen LogP contribution in [0.1, 0.15) is 43.9 Å². The molecule has 2 aromatic carbocycles. The Labute approximate surface area is 166 Å². The number of aliphatic hydroxyl groups is 1. The second kappa shape index (κ2) is 6.68. The van der Waals surface area contributed by atoms with E-state index in [1.807, 2.05) is 11.8 Å². The van der Waals surface area contributed by atoms with Crippen molar-refractivity contribution in [3.63, 3.8) is 0 Å². The molecule has 0 aromatic heterocycles. The Morgan fingerprint density at radius 1 is 1.07 bits per heavy atom. The van der Waals surface area contributed by atoms with Crippen LogP contribution in [-0.2, 0) is 11.1 Å². The summed E-state index contributed by atoms with van der Waals surface area (Å²) in [5.41, 5.74) is 3.83. The summed E-state index contributed by atoms with van der Waals surface area (Å²) in [5, 5.41) is 13.0. The van der Waals surface area contributed by atoms with E-state index in [4.69, 9.17) is 0 Å². The number of amidine groups is 1. The zero-order valence-electron chi connectivity index (χ0n) is 16.7. The van der Waals surface area contributed by atoms with E-state index in [1.165, 1.54) is 22.0 Å². The van der Waals surface area contributed by atoms with Crippen molar-refractivity contribution < 1.29 is 9.68 Å². The molecule has 1 N–H and O–H groups in total. The van der Waals surface area contributed by atoms with Crippen LogP contribution in [0, 0.1) is 6.92 Å². The molecule has 0 bridgehead atoms. The van der Waals surface area contributed by atoms with Gasteiger partial charge in [0.1, 0.15) is 5.69 Å². The van der Waals surface area contributed by atoms with E-state index in [-0.39, 0.29) is 5.41 Å². The lowest BCUT2D eigenvalue weighted by Gasteiger charge is -2.26. The van der Waals surface area contributed by atoms with Gasteiger partial charge in [-0.05, 0) is 47.7 Å². The van der Waals surface area contributed by atoms with Crippen molar-refractivity contribution in [3.05, 3.63) is 65.2 Å². The van der Waals surface area contributed by atoms with Crippen LogP contribution in [0.25, 0.3) is 0 Å². The number of anilines is 1. The first-order valence-corrected chi connectivity index (χ1v) is 10.7. The van der Waals surface area contributed by atoms with Crippen LogP contribution in [0.5, 0.6) is 0 Å². The molecule has 2 heterocycles. The van der Waals surface area contributed by atoms with Crippen LogP contribution < -0.4 is 4.90 Å². The molecule has 142 valence electrons. The molecule has 3 nitrogen and oxygen atoms in total. The van der Waals surface area contributed by atoms with E-state index >= 15 is 0 Å². The number of rotatable bonds is 2. The summed E-state index contributed by atoms with van der Waals surface area (Å²) in [7, 11) is 0.